The van der Waals surface area contributed by atoms with E-state index in [2.05, 4.69) is 21.8 Å². The molecular formula is C29H33N3O4. The Hall–Kier alpha value is -3.68. The van der Waals surface area contributed by atoms with Crippen LogP contribution in [0.4, 0.5) is 0 Å². The first-order chi connectivity index (χ1) is 17.5. The molecule has 7 nitrogen and oxygen atoms in total. The van der Waals surface area contributed by atoms with Crippen LogP contribution in [0.2, 0.25) is 0 Å². The molecule has 0 atom stereocenters. The number of H-pyrrole nitrogens is 1. The Morgan fingerprint density at radius 1 is 0.972 bits per heavy atom. The zero-order valence-electron chi connectivity index (χ0n) is 20.9. The number of aromatic amines is 1. The monoisotopic (exact) mass is 487 g/mol. The van der Waals surface area contributed by atoms with E-state index in [9.17, 15) is 9.59 Å². The van der Waals surface area contributed by atoms with Gasteiger partial charge in [0.25, 0.3) is 0 Å². The van der Waals surface area contributed by atoms with Crippen molar-refractivity contribution >= 4 is 34.6 Å². The smallest absolute Gasteiger partial charge is 0.163 e. The molecule has 0 amide bonds. The first-order valence-corrected chi connectivity index (χ1v) is 12.2. The van der Waals surface area contributed by atoms with Crippen LogP contribution >= 0.6 is 0 Å². The average molecular weight is 488 g/mol. The molecule has 1 saturated heterocycles. The van der Waals surface area contributed by atoms with E-state index in [1.165, 1.54) is 12.2 Å². The number of ether oxygens (including phenoxy) is 2. The summed E-state index contributed by atoms with van der Waals surface area (Å²) in [7, 11) is 3.73. The SMILES string of the molecule is COc1cc(OCCN2CCN(C)CC2)ccc1/C=C/C(=O)CC(=O)/C=C/c1ccc2cc[nH]c2c1. The first-order valence-electron chi connectivity index (χ1n) is 12.2. The Labute approximate surface area is 212 Å². The van der Waals surface area contributed by atoms with Crippen LogP contribution < -0.4 is 9.47 Å². The number of benzene rings is 2. The van der Waals surface area contributed by atoms with Crippen molar-refractivity contribution in [2.24, 2.45) is 0 Å². The largest absolute Gasteiger partial charge is 0.496 e. The van der Waals surface area contributed by atoms with Gasteiger partial charge in [-0.15, -0.1) is 0 Å². The maximum absolute atomic E-state index is 12.3. The number of ketones is 2. The predicted octanol–water partition coefficient (Wildman–Crippen LogP) is 4.06. The van der Waals surface area contributed by atoms with Crippen LogP contribution in [0, 0.1) is 0 Å². The first kappa shape index (κ1) is 25.4. The lowest BCUT2D eigenvalue weighted by atomic mass is 10.1. The number of piperazine rings is 1. The Morgan fingerprint density at radius 3 is 2.53 bits per heavy atom. The molecule has 2 aromatic carbocycles. The Morgan fingerprint density at radius 2 is 1.75 bits per heavy atom. The summed E-state index contributed by atoms with van der Waals surface area (Å²) in [6.45, 7) is 5.77. The van der Waals surface area contributed by atoms with Crippen LogP contribution in [-0.2, 0) is 9.59 Å². The number of nitrogens with one attached hydrogen (secondary N) is 1. The highest BCUT2D eigenvalue weighted by molar-refractivity contribution is 6.11. The van der Waals surface area contributed by atoms with Crippen LogP contribution in [0.3, 0.4) is 0 Å². The van der Waals surface area contributed by atoms with Gasteiger partial charge in [0.05, 0.1) is 13.5 Å². The number of allylic oxidation sites excluding steroid dienone is 2. The molecule has 1 aliphatic rings. The Bertz CT molecular complexity index is 1250. The normalized spacial score (nSPS) is 15.2. The van der Waals surface area contributed by atoms with Crippen molar-refractivity contribution in [3.05, 3.63) is 71.9 Å². The van der Waals surface area contributed by atoms with E-state index in [1.54, 1.807) is 19.3 Å². The van der Waals surface area contributed by atoms with Gasteiger partial charge in [-0.2, -0.15) is 0 Å². The summed E-state index contributed by atoms with van der Waals surface area (Å²) in [6.07, 6.45) is 7.95. The van der Waals surface area contributed by atoms with Crippen molar-refractivity contribution in [2.75, 3.05) is 53.5 Å². The quantitative estimate of drug-likeness (QED) is 0.325. The third-order valence-electron chi connectivity index (χ3n) is 6.32. The van der Waals surface area contributed by atoms with Gasteiger partial charge in [-0.3, -0.25) is 14.5 Å². The zero-order chi connectivity index (χ0) is 25.3. The predicted molar refractivity (Wildman–Crippen MR) is 143 cm³/mol. The van der Waals surface area contributed by atoms with Gasteiger partial charge in [0.2, 0.25) is 0 Å². The molecular weight excluding hydrogens is 454 g/mol. The Balaban J connectivity index is 1.26. The number of aromatic nitrogens is 1. The van der Waals surface area contributed by atoms with E-state index in [0.717, 1.165) is 60.5 Å². The Kier molecular flexibility index (Phi) is 8.71. The lowest BCUT2D eigenvalue weighted by molar-refractivity contribution is -0.121. The molecule has 4 rings (SSSR count). The second-order valence-corrected chi connectivity index (χ2v) is 9.00. The number of rotatable bonds is 11. The number of carbonyl (C=O) groups excluding carboxylic acids is 2. The minimum absolute atomic E-state index is 0.187. The number of methoxy groups -OCH3 is 1. The van der Waals surface area contributed by atoms with Gasteiger partial charge >= 0.3 is 0 Å². The molecule has 1 aromatic heterocycles. The lowest BCUT2D eigenvalue weighted by Crippen LogP contribution is -2.45. The standard InChI is InChI=1S/C29H33N3O4/c1-31-13-15-32(16-14-31)17-18-36-27-10-7-24(29(21-27)35-2)6-9-26(34)20-25(33)8-4-22-3-5-23-11-12-30-28(23)19-22/h3-12,19,21,30H,13-18,20H2,1-2H3/b8-4+,9-6+. The van der Waals surface area contributed by atoms with Crippen molar-refractivity contribution in [2.45, 2.75) is 6.42 Å². The molecule has 0 unspecified atom stereocenters. The minimum Gasteiger partial charge on any atom is -0.496 e. The van der Waals surface area contributed by atoms with Crippen LogP contribution in [0.5, 0.6) is 11.5 Å². The highest BCUT2D eigenvalue weighted by atomic mass is 16.5. The molecule has 3 aromatic rings. The van der Waals surface area contributed by atoms with Crippen LogP contribution in [0.25, 0.3) is 23.1 Å². The van der Waals surface area contributed by atoms with Gasteiger partial charge in [-0.25, -0.2) is 0 Å². The molecule has 7 heteroatoms. The van der Waals surface area contributed by atoms with Gasteiger partial charge < -0.3 is 19.4 Å². The summed E-state index contributed by atoms with van der Waals surface area (Å²) in [5, 5.41) is 1.11. The summed E-state index contributed by atoms with van der Waals surface area (Å²) < 4.78 is 11.4. The third-order valence-corrected chi connectivity index (χ3v) is 6.32. The van der Waals surface area contributed by atoms with E-state index in [4.69, 9.17) is 9.47 Å². The molecule has 36 heavy (non-hydrogen) atoms. The van der Waals surface area contributed by atoms with E-state index >= 15 is 0 Å². The van der Waals surface area contributed by atoms with Gasteiger partial charge in [-0.1, -0.05) is 18.2 Å². The molecule has 188 valence electrons. The molecule has 1 N–H and O–H groups in total. The number of fused-ring (bicyclic) bond motifs is 1. The topological polar surface area (TPSA) is 74.9 Å². The molecule has 0 aliphatic carbocycles. The summed E-state index contributed by atoms with van der Waals surface area (Å²) >= 11 is 0. The fraction of sp³-hybridized carbons (Fsp3) is 0.310. The van der Waals surface area contributed by atoms with E-state index < -0.39 is 0 Å². The molecule has 1 fully saturated rings. The van der Waals surface area contributed by atoms with E-state index in [1.807, 2.05) is 48.7 Å². The van der Waals surface area contributed by atoms with Crippen molar-refractivity contribution < 1.29 is 19.1 Å². The number of likely N-dealkylation sites (N-methyl/N-ethyl adjacent to an activating group) is 1. The summed E-state index contributed by atoms with van der Waals surface area (Å²) in [6, 6.07) is 13.4. The molecule has 0 radical (unpaired) electrons. The second-order valence-electron chi connectivity index (χ2n) is 9.00. The van der Waals surface area contributed by atoms with Crippen molar-refractivity contribution in [1.29, 1.82) is 0 Å². The third kappa shape index (κ3) is 7.16. The number of hydrogen-bond donors (Lipinski definition) is 1. The maximum Gasteiger partial charge on any atom is 0.163 e. The highest BCUT2D eigenvalue weighted by Gasteiger charge is 2.13. The lowest BCUT2D eigenvalue weighted by Gasteiger charge is -2.32. The zero-order valence-corrected chi connectivity index (χ0v) is 20.9. The molecule has 0 bridgehead atoms. The highest BCUT2D eigenvalue weighted by Crippen LogP contribution is 2.26. The molecule has 2 heterocycles. The maximum atomic E-state index is 12.3. The molecule has 1 aliphatic heterocycles. The van der Waals surface area contributed by atoms with Crippen LogP contribution in [-0.4, -0.2) is 79.8 Å². The van der Waals surface area contributed by atoms with E-state index in [-0.39, 0.29) is 18.0 Å². The second kappa shape index (κ2) is 12.3. The average Bonchev–Trinajstić information content (AvgIpc) is 3.36. The molecule has 0 saturated carbocycles. The van der Waals surface area contributed by atoms with Gasteiger partial charge in [0.1, 0.15) is 18.1 Å². The van der Waals surface area contributed by atoms with Gasteiger partial charge in [0.15, 0.2) is 11.6 Å². The minimum atomic E-state index is -0.265. The number of carbonyl (C=O) groups is 2. The van der Waals surface area contributed by atoms with E-state index in [0.29, 0.717) is 12.4 Å². The number of hydrogen-bond acceptors (Lipinski definition) is 6. The van der Waals surface area contributed by atoms with Crippen LogP contribution in [0.15, 0.2) is 60.8 Å². The fourth-order valence-corrected chi connectivity index (χ4v) is 4.11. The van der Waals surface area contributed by atoms with Crippen molar-refractivity contribution in [3.8, 4) is 11.5 Å². The number of nitrogens with zero attached hydrogens (tertiary/aromatic N) is 2. The fourth-order valence-electron chi connectivity index (χ4n) is 4.11. The van der Waals surface area contributed by atoms with Crippen LogP contribution in [0.1, 0.15) is 17.5 Å². The summed E-state index contributed by atoms with van der Waals surface area (Å²) in [4.78, 5) is 32.5. The van der Waals surface area contributed by atoms with Crippen molar-refractivity contribution in [3.63, 3.8) is 0 Å². The molecule has 0 spiro atoms. The summed E-state index contributed by atoms with van der Waals surface area (Å²) in [5.41, 5.74) is 2.65. The van der Waals surface area contributed by atoms with Gasteiger partial charge in [-0.05, 0) is 60.5 Å². The van der Waals surface area contributed by atoms with Crippen molar-refractivity contribution in [1.82, 2.24) is 14.8 Å². The van der Waals surface area contributed by atoms with Gasteiger partial charge in [0, 0.05) is 56.1 Å². The summed E-state index contributed by atoms with van der Waals surface area (Å²) in [5.74, 6) is 0.829.